The lowest BCUT2D eigenvalue weighted by atomic mass is 9.60. The van der Waals surface area contributed by atoms with Crippen LogP contribution < -0.4 is 5.73 Å². The van der Waals surface area contributed by atoms with Gasteiger partial charge in [0.2, 0.25) is 0 Å². The van der Waals surface area contributed by atoms with E-state index in [0.717, 1.165) is 12.5 Å². The zero-order valence-electron chi connectivity index (χ0n) is 9.69. The number of nitrogens with two attached hydrogens (primary N) is 1. The van der Waals surface area contributed by atoms with Gasteiger partial charge in [-0.25, -0.2) is 0 Å². The average Bonchev–Trinajstić information content (AvgIpc) is 2.52. The molecule has 0 aromatic carbocycles. The van der Waals surface area contributed by atoms with E-state index in [1.807, 2.05) is 0 Å². The van der Waals surface area contributed by atoms with Crippen molar-refractivity contribution in [1.82, 2.24) is 0 Å². The molecule has 1 aliphatic carbocycles. The van der Waals surface area contributed by atoms with Gasteiger partial charge >= 0.3 is 0 Å². The largest absolute Gasteiger partial charge is 0.330 e. The second-order valence-corrected chi connectivity index (χ2v) is 5.85. The smallest absolute Gasteiger partial charge is 0.00155 e. The molecule has 0 heterocycles. The van der Waals surface area contributed by atoms with Gasteiger partial charge in [0.25, 0.3) is 0 Å². The molecule has 13 heavy (non-hydrogen) atoms. The van der Waals surface area contributed by atoms with Crippen LogP contribution in [-0.2, 0) is 0 Å². The summed E-state index contributed by atoms with van der Waals surface area (Å²) in [4.78, 5) is 0. The fourth-order valence-electron chi connectivity index (χ4n) is 2.65. The highest BCUT2D eigenvalue weighted by Crippen LogP contribution is 2.49. The summed E-state index contributed by atoms with van der Waals surface area (Å²) >= 11 is 0. The zero-order chi connectivity index (χ0) is 10.1. The Morgan fingerprint density at radius 3 is 1.85 bits per heavy atom. The molecular formula is C12H25N. The molecule has 0 amide bonds. The van der Waals surface area contributed by atoms with Gasteiger partial charge in [-0.15, -0.1) is 0 Å². The van der Waals surface area contributed by atoms with Crippen molar-refractivity contribution < 1.29 is 0 Å². The van der Waals surface area contributed by atoms with Crippen LogP contribution in [0.3, 0.4) is 0 Å². The molecule has 1 fully saturated rings. The Labute approximate surface area is 83.1 Å². The second-order valence-electron chi connectivity index (χ2n) is 5.85. The highest BCUT2D eigenvalue weighted by molar-refractivity contribution is 4.94. The Morgan fingerprint density at radius 1 is 1.08 bits per heavy atom. The van der Waals surface area contributed by atoms with Crippen LogP contribution in [0, 0.1) is 16.7 Å². The third kappa shape index (κ3) is 1.90. The lowest BCUT2D eigenvalue weighted by Crippen LogP contribution is -2.44. The third-order valence-electron chi connectivity index (χ3n) is 4.39. The molecule has 1 nitrogen and oxygen atoms in total. The van der Waals surface area contributed by atoms with Gasteiger partial charge in [0.05, 0.1) is 0 Å². The van der Waals surface area contributed by atoms with Crippen molar-refractivity contribution in [3.63, 3.8) is 0 Å². The zero-order valence-corrected chi connectivity index (χ0v) is 9.69. The van der Waals surface area contributed by atoms with E-state index in [4.69, 9.17) is 5.73 Å². The quantitative estimate of drug-likeness (QED) is 0.699. The van der Waals surface area contributed by atoms with Gasteiger partial charge in [0.15, 0.2) is 0 Å². The van der Waals surface area contributed by atoms with Crippen molar-refractivity contribution >= 4 is 0 Å². The minimum absolute atomic E-state index is 0.337. The van der Waals surface area contributed by atoms with Crippen LogP contribution in [0.25, 0.3) is 0 Å². The van der Waals surface area contributed by atoms with Crippen molar-refractivity contribution in [2.75, 3.05) is 6.54 Å². The Kier molecular flexibility index (Phi) is 3.06. The van der Waals surface area contributed by atoms with Crippen LogP contribution in [0.2, 0.25) is 0 Å². The van der Waals surface area contributed by atoms with Gasteiger partial charge in [-0.3, -0.25) is 0 Å². The van der Waals surface area contributed by atoms with Gasteiger partial charge in [-0.1, -0.05) is 40.5 Å². The third-order valence-corrected chi connectivity index (χ3v) is 4.39. The van der Waals surface area contributed by atoms with E-state index < -0.39 is 0 Å². The van der Waals surface area contributed by atoms with Crippen LogP contribution in [0.1, 0.15) is 53.4 Å². The maximum absolute atomic E-state index is 5.97. The summed E-state index contributed by atoms with van der Waals surface area (Å²) in [5.41, 5.74) is 6.65. The van der Waals surface area contributed by atoms with E-state index in [2.05, 4.69) is 27.7 Å². The van der Waals surface area contributed by atoms with Gasteiger partial charge in [0, 0.05) is 0 Å². The first-order valence-electron chi connectivity index (χ1n) is 5.62. The van der Waals surface area contributed by atoms with Crippen LogP contribution in [-0.4, -0.2) is 6.54 Å². The molecule has 0 aromatic heterocycles. The molecule has 0 saturated heterocycles. The lowest BCUT2D eigenvalue weighted by Gasteiger charge is -2.46. The molecule has 1 aliphatic rings. The SMILES string of the molecule is CC(C)(C)C(C)(CN)C1CCCC1. The van der Waals surface area contributed by atoms with Crippen molar-refractivity contribution in [1.29, 1.82) is 0 Å². The first-order chi connectivity index (χ1) is 5.92. The van der Waals surface area contributed by atoms with E-state index in [0.29, 0.717) is 10.8 Å². The van der Waals surface area contributed by atoms with Crippen molar-refractivity contribution in [2.45, 2.75) is 53.4 Å². The van der Waals surface area contributed by atoms with Crippen molar-refractivity contribution in [3.8, 4) is 0 Å². The molecule has 78 valence electrons. The Morgan fingerprint density at radius 2 is 1.54 bits per heavy atom. The summed E-state index contributed by atoms with van der Waals surface area (Å²) in [6.45, 7) is 10.2. The van der Waals surface area contributed by atoms with Crippen molar-refractivity contribution in [2.24, 2.45) is 22.5 Å². The van der Waals surface area contributed by atoms with Gasteiger partial charge in [0.1, 0.15) is 0 Å². The van der Waals surface area contributed by atoms with Gasteiger partial charge in [-0.05, 0) is 36.1 Å². The standard InChI is InChI=1S/C12H25N/c1-11(2,3)12(4,9-13)10-7-5-6-8-10/h10H,5-9,13H2,1-4H3. The second kappa shape index (κ2) is 3.61. The molecule has 1 atom stereocenters. The van der Waals surface area contributed by atoms with E-state index in [1.165, 1.54) is 25.7 Å². The fourth-order valence-corrected chi connectivity index (χ4v) is 2.65. The predicted molar refractivity (Wildman–Crippen MR) is 58.6 cm³/mol. The average molecular weight is 183 g/mol. The van der Waals surface area contributed by atoms with Crippen LogP contribution in [0.5, 0.6) is 0 Å². The minimum Gasteiger partial charge on any atom is -0.330 e. The molecule has 1 saturated carbocycles. The Bertz CT molecular complexity index is 162. The molecule has 0 aromatic rings. The molecule has 0 radical (unpaired) electrons. The fraction of sp³-hybridized carbons (Fsp3) is 1.00. The lowest BCUT2D eigenvalue weighted by molar-refractivity contribution is 0.0462. The number of hydrogen-bond acceptors (Lipinski definition) is 1. The van der Waals surface area contributed by atoms with Gasteiger partial charge in [-0.2, -0.15) is 0 Å². The van der Waals surface area contributed by atoms with E-state index >= 15 is 0 Å². The molecule has 0 spiro atoms. The van der Waals surface area contributed by atoms with E-state index in [9.17, 15) is 0 Å². The molecular weight excluding hydrogens is 158 g/mol. The summed E-state index contributed by atoms with van der Waals surface area (Å²) in [7, 11) is 0. The maximum Gasteiger partial charge on any atom is -0.00155 e. The highest BCUT2D eigenvalue weighted by atomic mass is 14.6. The van der Waals surface area contributed by atoms with Gasteiger partial charge < -0.3 is 5.73 Å². The summed E-state index contributed by atoms with van der Waals surface area (Å²) in [5, 5.41) is 0. The number of rotatable bonds is 2. The van der Waals surface area contributed by atoms with E-state index in [1.54, 1.807) is 0 Å². The molecule has 1 rings (SSSR count). The van der Waals surface area contributed by atoms with Crippen LogP contribution in [0.15, 0.2) is 0 Å². The normalized spacial score (nSPS) is 24.7. The summed E-state index contributed by atoms with van der Waals surface area (Å²) < 4.78 is 0. The van der Waals surface area contributed by atoms with Crippen molar-refractivity contribution in [3.05, 3.63) is 0 Å². The Hall–Kier alpha value is -0.0400. The topological polar surface area (TPSA) is 26.0 Å². The maximum atomic E-state index is 5.97. The first-order valence-corrected chi connectivity index (χ1v) is 5.62. The summed E-state index contributed by atoms with van der Waals surface area (Å²) in [5.74, 6) is 0.859. The van der Waals surface area contributed by atoms with Crippen LogP contribution >= 0.6 is 0 Å². The van der Waals surface area contributed by atoms with E-state index in [-0.39, 0.29) is 0 Å². The molecule has 0 bridgehead atoms. The monoisotopic (exact) mass is 183 g/mol. The molecule has 1 unspecified atom stereocenters. The summed E-state index contributed by atoms with van der Waals surface area (Å²) in [6.07, 6.45) is 5.61. The molecule has 2 N–H and O–H groups in total. The van der Waals surface area contributed by atoms with Crippen LogP contribution in [0.4, 0.5) is 0 Å². The highest BCUT2D eigenvalue weighted by Gasteiger charge is 2.43. The Balaban J connectivity index is 2.79. The summed E-state index contributed by atoms with van der Waals surface area (Å²) in [6, 6.07) is 0. The predicted octanol–water partition coefficient (Wildman–Crippen LogP) is 3.19. The molecule has 1 heteroatoms. The minimum atomic E-state index is 0.337. The number of hydrogen-bond donors (Lipinski definition) is 1. The first kappa shape index (κ1) is 11.0. The molecule has 0 aliphatic heterocycles.